The van der Waals surface area contributed by atoms with Gasteiger partial charge in [0.2, 0.25) is 11.6 Å². The highest BCUT2D eigenvalue weighted by atomic mass is 16.5. The van der Waals surface area contributed by atoms with E-state index in [1.54, 1.807) is 14.2 Å². The van der Waals surface area contributed by atoms with Gasteiger partial charge in [0.15, 0.2) is 17.2 Å². The summed E-state index contributed by atoms with van der Waals surface area (Å²) in [4.78, 5) is 12.1. The van der Waals surface area contributed by atoms with E-state index in [4.69, 9.17) is 19.9 Å². The third-order valence-corrected chi connectivity index (χ3v) is 8.88. The molecular formula is C41H49N4O4+. The molecule has 0 aromatic heterocycles. The second kappa shape index (κ2) is 16.8. The SMILES string of the molecule is COc1cc(/C=C/C2=[N+](CCCCCC(=O)NCCN)c3ccc(Nc4ccccc4)cc3C2(C)C)c(OCc2ccccc2)cc1OC. The summed E-state index contributed by atoms with van der Waals surface area (Å²) in [6.07, 6.45) is 7.56. The van der Waals surface area contributed by atoms with Crippen LogP contribution in [0.2, 0.25) is 0 Å². The average molecular weight is 662 g/mol. The Morgan fingerprint density at radius 1 is 0.816 bits per heavy atom. The number of unbranched alkanes of at least 4 members (excludes halogenated alkanes) is 2. The number of hydrogen-bond acceptors (Lipinski definition) is 6. The van der Waals surface area contributed by atoms with Gasteiger partial charge in [-0.2, -0.15) is 4.58 Å². The number of carbonyl (C=O) groups excluding carboxylic acids is 1. The molecule has 0 saturated carbocycles. The number of amides is 1. The van der Waals surface area contributed by atoms with Gasteiger partial charge in [0.1, 0.15) is 18.9 Å². The van der Waals surface area contributed by atoms with E-state index in [1.807, 2.05) is 48.5 Å². The molecule has 49 heavy (non-hydrogen) atoms. The van der Waals surface area contributed by atoms with Crippen molar-refractivity contribution in [3.05, 3.63) is 114 Å². The first kappa shape index (κ1) is 35.2. The molecule has 1 heterocycles. The van der Waals surface area contributed by atoms with Crippen molar-refractivity contribution in [1.82, 2.24) is 5.32 Å². The van der Waals surface area contributed by atoms with Gasteiger partial charge in [0.05, 0.1) is 19.6 Å². The number of para-hydroxylation sites is 1. The van der Waals surface area contributed by atoms with Gasteiger partial charge >= 0.3 is 0 Å². The summed E-state index contributed by atoms with van der Waals surface area (Å²) in [6.45, 7) is 6.79. The van der Waals surface area contributed by atoms with Crippen LogP contribution < -0.4 is 30.6 Å². The lowest BCUT2D eigenvalue weighted by Gasteiger charge is -2.17. The quantitative estimate of drug-likeness (QED) is 0.0791. The molecule has 0 bridgehead atoms. The van der Waals surface area contributed by atoms with Gasteiger partial charge < -0.3 is 30.6 Å². The Balaban J connectivity index is 1.46. The number of benzene rings is 4. The third kappa shape index (κ3) is 8.89. The van der Waals surface area contributed by atoms with Crippen LogP contribution in [0, 0.1) is 0 Å². The predicted molar refractivity (Wildman–Crippen MR) is 199 cm³/mol. The van der Waals surface area contributed by atoms with Crippen LogP contribution in [0.15, 0.2) is 97.1 Å². The van der Waals surface area contributed by atoms with Crippen LogP contribution in [0.1, 0.15) is 56.2 Å². The number of rotatable bonds is 17. The molecule has 1 amide bonds. The maximum atomic E-state index is 12.1. The molecule has 0 spiro atoms. The van der Waals surface area contributed by atoms with Crippen LogP contribution in [0.3, 0.4) is 0 Å². The minimum atomic E-state index is -0.288. The number of methoxy groups -OCH3 is 2. The summed E-state index contributed by atoms with van der Waals surface area (Å²) in [6, 6.07) is 30.8. The van der Waals surface area contributed by atoms with Crippen molar-refractivity contribution in [2.45, 2.75) is 51.6 Å². The molecule has 256 valence electrons. The number of nitrogens with one attached hydrogen (secondary N) is 2. The van der Waals surface area contributed by atoms with Crippen molar-refractivity contribution in [3.8, 4) is 17.2 Å². The van der Waals surface area contributed by atoms with E-state index in [-0.39, 0.29) is 11.3 Å². The number of nitrogens with zero attached hydrogens (tertiary/aromatic N) is 1. The summed E-state index contributed by atoms with van der Waals surface area (Å²) in [5, 5.41) is 6.44. The zero-order valence-corrected chi connectivity index (χ0v) is 29.1. The van der Waals surface area contributed by atoms with Gasteiger partial charge in [-0.25, -0.2) is 0 Å². The smallest absolute Gasteiger partial charge is 0.220 e. The van der Waals surface area contributed by atoms with Gasteiger partial charge in [0, 0.05) is 66.6 Å². The largest absolute Gasteiger partial charge is 0.493 e. The van der Waals surface area contributed by atoms with Crippen molar-refractivity contribution in [2.75, 3.05) is 39.2 Å². The summed E-state index contributed by atoms with van der Waals surface area (Å²) in [5.74, 6) is 2.02. The van der Waals surface area contributed by atoms with Crippen molar-refractivity contribution in [2.24, 2.45) is 5.73 Å². The Labute approximate surface area is 290 Å². The highest BCUT2D eigenvalue weighted by molar-refractivity contribution is 6.05. The van der Waals surface area contributed by atoms with E-state index < -0.39 is 0 Å². The van der Waals surface area contributed by atoms with Crippen LogP contribution in [0.4, 0.5) is 17.1 Å². The Morgan fingerprint density at radius 2 is 1.53 bits per heavy atom. The number of allylic oxidation sites excluding steroid dienone is 1. The second-order valence-corrected chi connectivity index (χ2v) is 12.7. The Bertz CT molecular complexity index is 1770. The van der Waals surface area contributed by atoms with Crippen molar-refractivity contribution >= 4 is 34.8 Å². The van der Waals surface area contributed by atoms with Crippen LogP contribution in [0.25, 0.3) is 6.08 Å². The zero-order chi connectivity index (χ0) is 34.6. The van der Waals surface area contributed by atoms with E-state index in [0.717, 1.165) is 48.3 Å². The number of ether oxygens (including phenoxy) is 3. The van der Waals surface area contributed by atoms with Gasteiger partial charge in [-0.15, -0.1) is 0 Å². The average Bonchev–Trinajstić information content (AvgIpc) is 3.33. The summed E-state index contributed by atoms with van der Waals surface area (Å²) < 4.78 is 20.1. The molecule has 4 aromatic carbocycles. The van der Waals surface area contributed by atoms with Gasteiger partial charge in [-0.05, 0) is 68.7 Å². The number of fused-ring (bicyclic) bond motifs is 1. The summed E-state index contributed by atoms with van der Waals surface area (Å²) >= 11 is 0. The monoisotopic (exact) mass is 661 g/mol. The first-order valence-electron chi connectivity index (χ1n) is 17.0. The minimum Gasteiger partial charge on any atom is -0.493 e. The molecular weight excluding hydrogens is 612 g/mol. The van der Waals surface area contributed by atoms with E-state index in [2.05, 4.69) is 83.7 Å². The molecule has 8 nitrogen and oxygen atoms in total. The summed E-state index contributed by atoms with van der Waals surface area (Å²) in [5.41, 5.74) is 12.9. The Hall–Kier alpha value is -5.08. The molecule has 0 unspecified atom stereocenters. The number of nitrogens with two attached hydrogens (primary N) is 1. The van der Waals surface area contributed by atoms with E-state index in [9.17, 15) is 4.79 Å². The molecule has 4 N–H and O–H groups in total. The number of anilines is 2. The topological polar surface area (TPSA) is 97.9 Å². The Kier molecular flexibility index (Phi) is 12.1. The van der Waals surface area contributed by atoms with Crippen LogP contribution in [-0.4, -0.2) is 50.0 Å². The molecule has 4 aromatic rings. The maximum Gasteiger partial charge on any atom is 0.220 e. The highest BCUT2D eigenvalue weighted by Crippen LogP contribution is 2.43. The predicted octanol–water partition coefficient (Wildman–Crippen LogP) is 7.75. The fourth-order valence-corrected chi connectivity index (χ4v) is 6.25. The van der Waals surface area contributed by atoms with E-state index in [0.29, 0.717) is 43.4 Å². The highest BCUT2D eigenvalue weighted by Gasteiger charge is 2.44. The van der Waals surface area contributed by atoms with E-state index >= 15 is 0 Å². The van der Waals surface area contributed by atoms with Crippen molar-refractivity contribution in [1.29, 1.82) is 0 Å². The minimum absolute atomic E-state index is 0.0620. The fraction of sp³-hybridized carbons (Fsp3) is 0.317. The first-order valence-corrected chi connectivity index (χ1v) is 17.0. The molecule has 1 aliphatic rings. The number of carbonyl (C=O) groups is 1. The molecule has 5 rings (SSSR count). The lowest BCUT2D eigenvalue weighted by Crippen LogP contribution is -2.28. The second-order valence-electron chi connectivity index (χ2n) is 12.7. The molecule has 1 aliphatic heterocycles. The summed E-state index contributed by atoms with van der Waals surface area (Å²) in [7, 11) is 3.28. The Morgan fingerprint density at radius 3 is 2.24 bits per heavy atom. The molecule has 0 saturated heterocycles. The lowest BCUT2D eigenvalue weighted by molar-refractivity contribution is -0.438. The molecule has 0 radical (unpaired) electrons. The van der Waals surface area contributed by atoms with Crippen LogP contribution in [0.5, 0.6) is 17.2 Å². The van der Waals surface area contributed by atoms with Crippen molar-refractivity contribution < 1.29 is 23.6 Å². The molecule has 0 fully saturated rings. The lowest BCUT2D eigenvalue weighted by atomic mass is 9.81. The van der Waals surface area contributed by atoms with Crippen LogP contribution in [-0.2, 0) is 16.8 Å². The standard InChI is InChI=1S/C41H48N4O4/c1-41(2)34-27-33(44-32-16-10-6-11-17-32)20-21-35(34)45(25-13-7-12-18-40(46)43-24-23-42)39(41)22-19-31-26-37(47-3)38(48-4)28-36(31)49-29-30-14-8-5-9-15-30/h5-6,8-11,14-17,19-22,26-28,44H,7,12-13,18,23-25,29,42H2,1-4H3/p+1/b22-19+. The van der Waals surface area contributed by atoms with Crippen LogP contribution >= 0.6 is 0 Å². The maximum absolute atomic E-state index is 12.1. The molecule has 8 heteroatoms. The van der Waals surface area contributed by atoms with Gasteiger partial charge in [0.25, 0.3) is 0 Å². The van der Waals surface area contributed by atoms with Crippen molar-refractivity contribution in [3.63, 3.8) is 0 Å². The van der Waals surface area contributed by atoms with E-state index in [1.165, 1.54) is 17.0 Å². The first-order chi connectivity index (χ1) is 23.8. The molecule has 0 atom stereocenters. The molecule has 0 aliphatic carbocycles. The third-order valence-electron chi connectivity index (χ3n) is 8.88. The zero-order valence-electron chi connectivity index (χ0n) is 29.1. The van der Waals surface area contributed by atoms with Gasteiger partial charge in [-0.1, -0.05) is 48.5 Å². The van der Waals surface area contributed by atoms with Gasteiger partial charge in [-0.3, -0.25) is 4.79 Å². The fourth-order valence-electron chi connectivity index (χ4n) is 6.25. The number of hydrogen-bond donors (Lipinski definition) is 3. The normalized spacial score (nSPS) is 13.3.